The standard InChI is InChI=1S/C17H19N3O4/c1-10-18-17(24-19-10)15-7-12(21)8-20(15)9-14-6-11-5-13(22-2)3-4-16(11)23-14/h3-6,12,15,21H,7-9H2,1-2H3/t12-,15+/m0/s1. The Hall–Kier alpha value is -2.38. The number of hydrogen-bond donors (Lipinski definition) is 1. The zero-order valence-electron chi connectivity index (χ0n) is 13.6. The summed E-state index contributed by atoms with van der Waals surface area (Å²) < 4.78 is 16.4. The quantitative estimate of drug-likeness (QED) is 0.787. The molecule has 1 aliphatic heterocycles. The number of aromatic nitrogens is 2. The number of fused-ring (bicyclic) bond motifs is 1. The van der Waals surface area contributed by atoms with Gasteiger partial charge in [0.2, 0.25) is 5.89 Å². The molecule has 126 valence electrons. The van der Waals surface area contributed by atoms with Crippen LogP contribution < -0.4 is 4.74 Å². The fourth-order valence-electron chi connectivity index (χ4n) is 3.24. The van der Waals surface area contributed by atoms with Crippen molar-refractivity contribution in [1.29, 1.82) is 0 Å². The van der Waals surface area contributed by atoms with E-state index in [2.05, 4.69) is 15.0 Å². The summed E-state index contributed by atoms with van der Waals surface area (Å²) >= 11 is 0. The normalized spacial score (nSPS) is 21.6. The van der Waals surface area contributed by atoms with Crippen LogP contribution in [-0.4, -0.2) is 39.9 Å². The average Bonchev–Trinajstić information content (AvgIpc) is 3.25. The maximum absolute atomic E-state index is 10.0. The van der Waals surface area contributed by atoms with Crippen LogP contribution in [0.2, 0.25) is 0 Å². The molecule has 2 atom stereocenters. The van der Waals surface area contributed by atoms with Gasteiger partial charge >= 0.3 is 0 Å². The van der Waals surface area contributed by atoms with Gasteiger partial charge in [0.25, 0.3) is 0 Å². The van der Waals surface area contributed by atoms with E-state index in [9.17, 15) is 5.11 Å². The van der Waals surface area contributed by atoms with Crippen molar-refractivity contribution in [3.05, 3.63) is 41.7 Å². The van der Waals surface area contributed by atoms with Crippen LogP contribution in [0.5, 0.6) is 5.75 Å². The number of likely N-dealkylation sites (tertiary alicyclic amines) is 1. The minimum atomic E-state index is -0.410. The number of hydrogen-bond acceptors (Lipinski definition) is 7. The van der Waals surface area contributed by atoms with Gasteiger partial charge in [-0.05, 0) is 37.6 Å². The molecule has 24 heavy (non-hydrogen) atoms. The van der Waals surface area contributed by atoms with Crippen LogP contribution in [0, 0.1) is 6.92 Å². The minimum Gasteiger partial charge on any atom is -0.497 e. The Bertz CT molecular complexity index is 857. The predicted molar refractivity (Wildman–Crippen MR) is 85.6 cm³/mol. The first kappa shape index (κ1) is 15.2. The number of aliphatic hydroxyl groups excluding tert-OH is 1. The lowest BCUT2D eigenvalue weighted by atomic mass is 10.2. The molecule has 1 aliphatic rings. The molecule has 1 aromatic carbocycles. The highest BCUT2D eigenvalue weighted by Crippen LogP contribution is 2.33. The average molecular weight is 329 g/mol. The molecule has 7 heteroatoms. The summed E-state index contributed by atoms with van der Waals surface area (Å²) in [5.41, 5.74) is 0.815. The summed E-state index contributed by atoms with van der Waals surface area (Å²) in [5, 5.41) is 14.9. The zero-order chi connectivity index (χ0) is 16.7. The molecule has 7 nitrogen and oxygen atoms in total. The molecule has 0 spiro atoms. The topological polar surface area (TPSA) is 84.8 Å². The highest BCUT2D eigenvalue weighted by molar-refractivity contribution is 5.79. The number of β-amino-alcohol motifs (C(OH)–C–C–N with tert-alkyl or cyclic N) is 1. The molecule has 0 unspecified atom stereocenters. The molecule has 1 N–H and O–H groups in total. The second-order valence-corrected chi connectivity index (χ2v) is 6.13. The molecule has 0 bridgehead atoms. The lowest BCUT2D eigenvalue weighted by Gasteiger charge is -2.19. The van der Waals surface area contributed by atoms with Crippen LogP contribution in [0.25, 0.3) is 11.0 Å². The Morgan fingerprint density at radius 2 is 2.25 bits per heavy atom. The largest absolute Gasteiger partial charge is 0.497 e. The SMILES string of the molecule is COc1ccc2oc(CN3C[C@@H](O)C[C@@H]3c3nc(C)no3)cc2c1. The van der Waals surface area contributed by atoms with Crippen molar-refractivity contribution in [2.45, 2.75) is 32.0 Å². The van der Waals surface area contributed by atoms with Crippen molar-refractivity contribution >= 4 is 11.0 Å². The number of nitrogens with zero attached hydrogens (tertiary/aromatic N) is 3. The van der Waals surface area contributed by atoms with Crippen LogP contribution >= 0.6 is 0 Å². The summed E-state index contributed by atoms with van der Waals surface area (Å²) in [6.45, 7) is 2.90. The number of benzene rings is 1. The first-order valence-electron chi connectivity index (χ1n) is 7.91. The molecule has 1 fully saturated rings. The van der Waals surface area contributed by atoms with Crippen LogP contribution in [0.1, 0.15) is 29.9 Å². The molecular formula is C17H19N3O4. The van der Waals surface area contributed by atoms with E-state index in [1.807, 2.05) is 24.3 Å². The minimum absolute atomic E-state index is 0.0936. The third kappa shape index (κ3) is 2.76. The molecule has 3 heterocycles. The monoisotopic (exact) mass is 329 g/mol. The van der Waals surface area contributed by atoms with Gasteiger partial charge in [0.05, 0.1) is 25.8 Å². The number of aliphatic hydroxyl groups is 1. The second kappa shape index (κ2) is 5.92. The molecule has 1 saturated heterocycles. The summed E-state index contributed by atoms with van der Waals surface area (Å²) in [4.78, 5) is 6.41. The molecule has 0 aliphatic carbocycles. The number of rotatable bonds is 4. The number of ether oxygens (including phenoxy) is 1. The van der Waals surface area contributed by atoms with E-state index in [1.54, 1.807) is 14.0 Å². The zero-order valence-corrected chi connectivity index (χ0v) is 13.6. The van der Waals surface area contributed by atoms with E-state index >= 15 is 0 Å². The summed E-state index contributed by atoms with van der Waals surface area (Å²) in [6, 6.07) is 7.62. The highest BCUT2D eigenvalue weighted by Gasteiger charge is 2.36. The summed E-state index contributed by atoms with van der Waals surface area (Å²) in [6.07, 6.45) is 0.169. The number of furan rings is 1. The van der Waals surface area contributed by atoms with E-state index in [-0.39, 0.29) is 6.04 Å². The Kier molecular flexibility index (Phi) is 3.74. The number of aryl methyl sites for hydroxylation is 1. The first-order valence-corrected chi connectivity index (χ1v) is 7.91. The van der Waals surface area contributed by atoms with E-state index in [4.69, 9.17) is 13.7 Å². The van der Waals surface area contributed by atoms with Crippen molar-refractivity contribution in [1.82, 2.24) is 15.0 Å². The molecular weight excluding hydrogens is 310 g/mol. The molecule has 3 aromatic rings. The van der Waals surface area contributed by atoms with Crippen molar-refractivity contribution in [2.24, 2.45) is 0 Å². The molecule has 4 rings (SSSR count). The van der Waals surface area contributed by atoms with Crippen LogP contribution in [0.4, 0.5) is 0 Å². The Morgan fingerprint density at radius 1 is 1.38 bits per heavy atom. The number of methoxy groups -OCH3 is 1. The van der Waals surface area contributed by atoms with Gasteiger partial charge < -0.3 is 18.8 Å². The van der Waals surface area contributed by atoms with Gasteiger partial charge in [-0.3, -0.25) is 4.90 Å². The van der Waals surface area contributed by atoms with Gasteiger partial charge in [-0.1, -0.05) is 5.16 Å². The van der Waals surface area contributed by atoms with Gasteiger partial charge in [-0.15, -0.1) is 0 Å². The fourth-order valence-corrected chi connectivity index (χ4v) is 3.24. The highest BCUT2D eigenvalue weighted by atomic mass is 16.5. The van der Waals surface area contributed by atoms with E-state index in [0.29, 0.717) is 31.2 Å². The van der Waals surface area contributed by atoms with Gasteiger partial charge in [-0.25, -0.2) is 0 Å². The Balaban J connectivity index is 1.58. The van der Waals surface area contributed by atoms with Crippen molar-refractivity contribution in [2.75, 3.05) is 13.7 Å². The predicted octanol–water partition coefficient (Wildman–Crippen LogP) is 2.44. The van der Waals surface area contributed by atoms with E-state index < -0.39 is 6.10 Å². The molecule has 0 amide bonds. The van der Waals surface area contributed by atoms with E-state index in [0.717, 1.165) is 22.5 Å². The van der Waals surface area contributed by atoms with Crippen LogP contribution in [-0.2, 0) is 6.54 Å². The lowest BCUT2D eigenvalue weighted by molar-refractivity contribution is 0.164. The summed E-state index contributed by atoms with van der Waals surface area (Å²) in [5.74, 6) is 2.77. The Labute approximate surface area is 138 Å². The lowest BCUT2D eigenvalue weighted by Crippen LogP contribution is -2.24. The molecule has 2 aromatic heterocycles. The first-order chi connectivity index (χ1) is 11.6. The maximum atomic E-state index is 10.0. The third-order valence-corrected chi connectivity index (χ3v) is 4.34. The Morgan fingerprint density at radius 3 is 3.00 bits per heavy atom. The van der Waals surface area contributed by atoms with Crippen molar-refractivity contribution in [3.8, 4) is 5.75 Å². The van der Waals surface area contributed by atoms with Crippen LogP contribution in [0.15, 0.2) is 33.2 Å². The van der Waals surface area contributed by atoms with Crippen LogP contribution in [0.3, 0.4) is 0 Å². The maximum Gasteiger partial charge on any atom is 0.244 e. The summed E-state index contributed by atoms with van der Waals surface area (Å²) in [7, 11) is 1.64. The van der Waals surface area contributed by atoms with Gasteiger partial charge in [-0.2, -0.15) is 4.98 Å². The van der Waals surface area contributed by atoms with Gasteiger partial charge in [0.15, 0.2) is 5.82 Å². The fraction of sp³-hybridized carbons (Fsp3) is 0.412. The third-order valence-electron chi connectivity index (χ3n) is 4.34. The molecule has 0 radical (unpaired) electrons. The smallest absolute Gasteiger partial charge is 0.244 e. The molecule has 0 saturated carbocycles. The van der Waals surface area contributed by atoms with Crippen molar-refractivity contribution < 1.29 is 18.8 Å². The second-order valence-electron chi connectivity index (χ2n) is 6.13. The van der Waals surface area contributed by atoms with Gasteiger partial charge in [0.1, 0.15) is 17.1 Å². The van der Waals surface area contributed by atoms with Crippen molar-refractivity contribution in [3.63, 3.8) is 0 Å². The van der Waals surface area contributed by atoms with Gasteiger partial charge in [0, 0.05) is 11.9 Å². The van der Waals surface area contributed by atoms with E-state index in [1.165, 1.54) is 0 Å².